The lowest BCUT2D eigenvalue weighted by Crippen LogP contribution is -2.43. The first kappa shape index (κ1) is 20.9. The van der Waals surface area contributed by atoms with Crippen LogP contribution in [0.25, 0.3) is 10.6 Å². The van der Waals surface area contributed by atoms with Crippen molar-refractivity contribution < 1.29 is 9.90 Å². The van der Waals surface area contributed by atoms with E-state index in [9.17, 15) is 4.79 Å². The maximum Gasteiger partial charge on any atom is 0.228 e. The monoisotopic (exact) mass is 402 g/mol. The third-order valence-corrected chi connectivity index (χ3v) is 6.13. The van der Waals surface area contributed by atoms with Gasteiger partial charge in [-0.2, -0.15) is 0 Å². The van der Waals surface area contributed by atoms with Gasteiger partial charge in [0.15, 0.2) is 0 Å². The first-order valence-corrected chi connectivity index (χ1v) is 10.8. The van der Waals surface area contributed by atoms with Crippen LogP contribution in [0.15, 0.2) is 29.6 Å². The molecule has 0 bridgehead atoms. The van der Waals surface area contributed by atoms with Crippen LogP contribution in [0.3, 0.4) is 0 Å². The van der Waals surface area contributed by atoms with Crippen LogP contribution in [0.5, 0.6) is 0 Å². The standard InChI is InChI=1S/C21H30N4O2S/c1-3-25(12-13-26)20(27)14-19-16-28-21(22-19)18-6-4-17(5-7-18)15-24-10-8-23(2)9-11-24/h4-7,16,26H,3,8-15H2,1-2H3. The highest BCUT2D eigenvalue weighted by Crippen LogP contribution is 2.25. The molecule has 7 heteroatoms. The van der Waals surface area contributed by atoms with Gasteiger partial charge in [-0.1, -0.05) is 24.3 Å². The van der Waals surface area contributed by atoms with Crippen LogP contribution in [0.1, 0.15) is 18.2 Å². The van der Waals surface area contributed by atoms with Crippen molar-refractivity contribution in [3.63, 3.8) is 0 Å². The van der Waals surface area contributed by atoms with Crippen molar-refractivity contribution in [2.45, 2.75) is 19.9 Å². The number of carbonyl (C=O) groups is 1. The number of amides is 1. The maximum absolute atomic E-state index is 12.3. The Labute approximate surface area is 171 Å². The van der Waals surface area contributed by atoms with E-state index in [-0.39, 0.29) is 18.9 Å². The number of rotatable bonds is 8. The summed E-state index contributed by atoms with van der Waals surface area (Å²) < 4.78 is 0. The zero-order valence-electron chi connectivity index (χ0n) is 16.8. The predicted molar refractivity (Wildman–Crippen MR) is 113 cm³/mol. The molecule has 2 heterocycles. The molecule has 152 valence electrons. The van der Waals surface area contributed by atoms with E-state index in [1.165, 1.54) is 5.56 Å². The molecule has 1 aliphatic heterocycles. The lowest BCUT2D eigenvalue weighted by Gasteiger charge is -2.32. The Morgan fingerprint density at radius 2 is 1.93 bits per heavy atom. The Hall–Kier alpha value is -1.80. The minimum absolute atomic E-state index is 0.0101. The van der Waals surface area contributed by atoms with Crippen molar-refractivity contribution in [3.8, 4) is 10.6 Å². The number of nitrogens with zero attached hydrogens (tertiary/aromatic N) is 4. The molecule has 1 amide bonds. The molecule has 3 rings (SSSR count). The molecule has 1 aromatic carbocycles. The fourth-order valence-corrected chi connectivity index (χ4v) is 4.21. The molecule has 0 saturated carbocycles. The number of thiazole rings is 1. The summed E-state index contributed by atoms with van der Waals surface area (Å²) in [5, 5.41) is 12.0. The van der Waals surface area contributed by atoms with Gasteiger partial charge in [-0.25, -0.2) is 4.98 Å². The average molecular weight is 403 g/mol. The Balaban J connectivity index is 1.58. The molecule has 1 N–H and O–H groups in total. The number of benzene rings is 1. The topological polar surface area (TPSA) is 59.9 Å². The van der Waals surface area contributed by atoms with Gasteiger partial charge in [0.1, 0.15) is 5.01 Å². The highest BCUT2D eigenvalue weighted by molar-refractivity contribution is 7.13. The highest BCUT2D eigenvalue weighted by atomic mass is 32.1. The van der Waals surface area contributed by atoms with E-state index < -0.39 is 0 Å². The minimum atomic E-state index is -0.0115. The Morgan fingerprint density at radius 1 is 1.21 bits per heavy atom. The van der Waals surface area contributed by atoms with Crippen molar-refractivity contribution >= 4 is 17.2 Å². The first-order valence-electron chi connectivity index (χ1n) is 9.92. The third kappa shape index (κ3) is 5.61. The fourth-order valence-electron chi connectivity index (χ4n) is 3.38. The molecule has 0 spiro atoms. The summed E-state index contributed by atoms with van der Waals surface area (Å²) in [7, 11) is 2.18. The van der Waals surface area contributed by atoms with E-state index in [0.717, 1.165) is 49.0 Å². The molecule has 1 saturated heterocycles. The van der Waals surface area contributed by atoms with E-state index in [4.69, 9.17) is 5.11 Å². The van der Waals surface area contributed by atoms with Crippen molar-refractivity contribution in [1.29, 1.82) is 0 Å². The number of hydrogen-bond donors (Lipinski definition) is 1. The summed E-state index contributed by atoms with van der Waals surface area (Å²) in [4.78, 5) is 23.5. The Kier molecular flexibility index (Phi) is 7.56. The summed E-state index contributed by atoms with van der Waals surface area (Å²) in [6.07, 6.45) is 0.284. The second kappa shape index (κ2) is 10.1. The SMILES string of the molecule is CCN(CCO)C(=O)Cc1csc(-c2ccc(CN3CCN(C)CC3)cc2)n1. The molecule has 1 aliphatic rings. The number of aliphatic hydroxyl groups excluding tert-OH is 1. The molecule has 0 atom stereocenters. The van der Waals surface area contributed by atoms with Gasteiger partial charge in [0, 0.05) is 56.8 Å². The van der Waals surface area contributed by atoms with Gasteiger partial charge < -0.3 is 14.9 Å². The van der Waals surface area contributed by atoms with Gasteiger partial charge in [-0.05, 0) is 19.5 Å². The lowest BCUT2D eigenvalue weighted by molar-refractivity contribution is -0.130. The minimum Gasteiger partial charge on any atom is -0.395 e. The van der Waals surface area contributed by atoms with Crippen LogP contribution in [0.2, 0.25) is 0 Å². The second-order valence-corrected chi connectivity index (χ2v) is 8.15. The smallest absolute Gasteiger partial charge is 0.228 e. The fraction of sp³-hybridized carbons (Fsp3) is 0.524. The van der Waals surface area contributed by atoms with Gasteiger partial charge >= 0.3 is 0 Å². The Bertz CT molecular complexity index is 754. The van der Waals surface area contributed by atoms with Crippen molar-refractivity contribution in [3.05, 3.63) is 40.9 Å². The number of hydrogen-bond acceptors (Lipinski definition) is 6. The van der Waals surface area contributed by atoms with Crippen molar-refractivity contribution in [2.24, 2.45) is 0 Å². The molecule has 6 nitrogen and oxygen atoms in total. The van der Waals surface area contributed by atoms with Gasteiger partial charge in [0.25, 0.3) is 0 Å². The Morgan fingerprint density at radius 3 is 2.57 bits per heavy atom. The third-order valence-electron chi connectivity index (χ3n) is 5.19. The second-order valence-electron chi connectivity index (χ2n) is 7.29. The van der Waals surface area contributed by atoms with Crippen LogP contribution < -0.4 is 0 Å². The summed E-state index contributed by atoms with van der Waals surface area (Å²) >= 11 is 1.57. The van der Waals surface area contributed by atoms with E-state index >= 15 is 0 Å². The van der Waals surface area contributed by atoms with E-state index in [1.54, 1.807) is 16.2 Å². The van der Waals surface area contributed by atoms with Crippen LogP contribution in [0.4, 0.5) is 0 Å². The van der Waals surface area contributed by atoms with Crippen LogP contribution in [-0.4, -0.2) is 83.6 Å². The van der Waals surface area contributed by atoms with Gasteiger partial charge in [-0.3, -0.25) is 9.69 Å². The highest BCUT2D eigenvalue weighted by Gasteiger charge is 2.15. The summed E-state index contributed by atoms with van der Waals surface area (Å²) in [5.41, 5.74) is 3.21. The molecule has 28 heavy (non-hydrogen) atoms. The number of aromatic nitrogens is 1. The van der Waals surface area contributed by atoms with Crippen LogP contribution in [-0.2, 0) is 17.8 Å². The maximum atomic E-state index is 12.3. The molecular weight excluding hydrogens is 372 g/mol. The van der Waals surface area contributed by atoms with E-state index in [0.29, 0.717) is 13.1 Å². The van der Waals surface area contributed by atoms with E-state index in [2.05, 4.69) is 46.1 Å². The average Bonchev–Trinajstić information content (AvgIpc) is 3.16. The van der Waals surface area contributed by atoms with Crippen molar-refractivity contribution in [2.75, 3.05) is 52.9 Å². The zero-order chi connectivity index (χ0) is 19.9. The molecular formula is C21H30N4O2S. The van der Waals surface area contributed by atoms with Crippen LogP contribution >= 0.6 is 11.3 Å². The first-order chi connectivity index (χ1) is 13.6. The largest absolute Gasteiger partial charge is 0.395 e. The predicted octanol–water partition coefficient (Wildman–Crippen LogP) is 1.94. The summed E-state index contributed by atoms with van der Waals surface area (Å²) in [6, 6.07) is 8.61. The summed E-state index contributed by atoms with van der Waals surface area (Å²) in [5.74, 6) is 0.0101. The number of likely N-dealkylation sites (N-methyl/N-ethyl adjacent to an activating group) is 2. The molecule has 1 aromatic heterocycles. The quantitative estimate of drug-likeness (QED) is 0.731. The normalized spacial score (nSPS) is 15.7. The molecule has 2 aromatic rings. The summed E-state index contributed by atoms with van der Waals surface area (Å²) in [6.45, 7) is 8.38. The van der Waals surface area contributed by atoms with Gasteiger partial charge in [-0.15, -0.1) is 11.3 Å². The van der Waals surface area contributed by atoms with Gasteiger partial charge in [0.2, 0.25) is 5.91 Å². The number of carbonyl (C=O) groups excluding carboxylic acids is 1. The van der Waals surface area contributed by atoms with Gasteiger partial charge in [0.05, 0.1) is 18.7 Å². The zero-order valence-corrected chi connectivity index (χ0v) is 17.6. The molecule has 1 fully saturated rings. The van der Waals surface area contributed by atoms with Crippen LogP contribution in [0, 0.1) is 0 Å². The van der Waals surface area contributed by atoms with E-state index in [1.807, 2.05) is 12.3 Å². The lowest BCUT2D eigenvalue weighted by atomic mass is 10.1. The molecule has 0 unspecified atom stereocenters. The molecule has 0 radical (unpaired) electrons. The van der Waals surface area contributed by atoms with Crippen molar-refractivity contribution in [1.82, 2.24) is 19.7 Å². The molecule has 0 aliphatic carbocycles. The number of piperazine rings is 1. The number of aliphatic hydroxyl groups is 1.